The van der Waals surface area contributed by atoms with Gasteiger partial charge in [0.15, 0.2) is 5.76 Å². The van der Waals surface area contributed by atoms with Crippen molar-refractivity contribution < 1.29 is 22.3 Å². The second kappa shape index (κ2) is 10.1. The summed E-state index contributed by atoms with van der Waals surface area (Å²) in [5.74, 6) is 0.358. The van der Waals surface area contributed by atoms with Gasteiger partial charge in [-0.25, -0.2) is 4.98 Å². The van der Waals surface area contributed by atoms with Crippen molar-refractivity contribution in [2.45, 2.75) is 12.9 Å². The predicted octanol–water partition coefficient (Wildman–Crippen LogP) is 4.87. The minimum Gasteiger partial charge on any atom is -0.436 e. The predicted molar refractivity (Wildman–Crippen MR) is 134 cm³/mol. The first-order valence-electron chi connectivity index (χ1n) is 11.8. The van der Waals surface area contributed by atoms with Gasteiger partial charge in [-0.3, -0.25) is 4.79 Å². The lowest BCUT2D eigenvalue weighted by Crippen LogP contribution is -2.44. The molecule has 10 heteroatoms. The molecule has 2 aromatic carbocycles. The second-order valence-corrected chi connectivity index (χ2v) is 8.95. The summed E-state index contributed by atoms with van der Waals surface area (Å²) in [4.78, 5) is 21.5. The summed E-state index contributed by atoms with van der Waals surface area (Å²) in [5, 5.41) is 0. The number of aromatic nitrogens is 2. The Morgan fingerprint density at radius 2 is 1.70 bits per heavy atom. The molecule has 7 nitrogen and oxygen atoms in total. The lowest BCUT2D eigenvalue weighted by molar-refractivity contribution is -0.274. The number of likely N-dealkylation sites (N-methyl/N-ethyl adjacent to an activating group) is 1. The Bertz CT molecular complexity index is 1420. The van der Waals surface area contributed by atoms with E-state index in [1.54, 1.807) is 16.8 Å². The van der Waals surface area contributed by atoms with Gasteiger partial charge in [0.2, 0.25) is 5.89 Å². The molecule has 5 rings (SSSR count). The average Bonchev–Trinajstić information content (AvgIpc) is 3.36. The monoisotopic (exact) mass is 510 g/mol. The summed E-state index contributed by atoms with van der Waals surface area (Å²) in [6.07, 6.45) is -1.57. The fourth-order valence-electron chi connectivity index (χ4n) is 4.26. The molecule has 4 aromatic rings. The molecule has 0 atom stereocenters. The van der Waals surface area contributed by atoms with Gasteiger partial charge in [-0.15, -0.1) is 13.2 Å². The number of hydrogen-bond acceptors (Lipinski definition) is 6. The Kier molecular flexibility index (Phi) is 6.75. The first-order chi connectivity index (χ1) is 17.7. The van der Waals surface area contributed by atoms with Crippen molar-refractivity contribution in [3.05, 3.63) is 89.0 Å². The number of piperazine rings is 1. The second-order valence-electron chi connectivity index (χ2n) is 8.95. The van der Waals surface area contributed by atoms with Crippen LogP contribution in [-0.4, -0.2) is 54.0 Å². The third kappa shape index (κ3) is 6.03. The molecule has 192 valence electrons. The smallest absolute Gasteiger partial charge is 0.436 e. The minimum atomic E-state index is -4.75. The van der Waals surface area contributed by atoms with Crippen molar-refractivity contribution in [3.63, 3.8) is 0 Å². The van der Waals surface area contributed by atoms with Crippen LogP contribution < -0.4 is 15.2 Å². The lowest BCUT2D eigenvalue weighted by atomic mass is 10.1. The van der Waals surface area contributed by atoms with Crippen LogP contribution in [0.2, 0.25) is 0 Å². The molecule has 37 heavy (non-hydrogen) atoms. The van der Waals surface area contributed by atoms with Crippen molar-refractivity contribution in [1.82, 2.24) is 14.5 Å². The van der Waals surface area contributed by atoms with E-state index in [-0.39, 0.29) is 11.3 Å². The van der Waals surface area contributed by atoms with E-state index in [4.69, 9.17) is 4.42 Å². The maximum atomic E-state index is 12.6. The van der Waals surface area contributed by atoms with E-state index in [9.17, 15) is 18.0 Å². The van der Waals surface area contributed by atoms with Crippen LogP contribution in [0.15, 0.2) is 82.3 Å². The molecule has 1 saturated heterocycles. The SMILES string of the molecule is CN1CCN(c2cccc(Cn3cc(-c4ncc(-c5ccc(OC(F)(F)F)cc5)o4)ccc3=O)c2)CC1. The van der Waals surface area contributed by atoms with E-state index in [0.29, 0.717) is 29.3 Å². The molecule has 0 radical (unpaired) electrons. The maximum absolute atomic E-state index is 12.6. The van der Waals surface area contributed by atoms with Crippen LogP contribution in [0, 0.1) is 0 Å². The Morgan fingerprint density at radius 3 is 2.43 bits per heavy atom. The van der Waals surface area contributed by atoms with E-state index in [1.807, 2.05) is 12.1 Å². The number of pyridine rings is 1. The molecule has 0 amide bonds. The molecule has 0 saturated carbocycles. The number of nitrogens with zero attached hydrogens (tertiary/aromatic N) is 4. The molecule has 1 fully saturated rings. The molecule has 0 unspecified atom stereocenters. The van der Waals surface area contributed by atoms with E-state index in [2.05, 4.69) is 38.7 Å². The standard InChI is InChI=1S/C27H25F3N4O3/c1-32-11-13-33(14-12-32)22-4-2-3-19(15-22)17-34-18-21(7-10-25(34)35)26-31-16-24(36-26)20-5-8-23(9-6-20)37-27(28,29)30/h2-10,15-16,18H,11-14,17H2,1H3. The average molecular weight is 511 g/mol. The highest BCUT2D eigenvalue weighted by atomic mass is 19.4. The van der Waals surface area contributed by atoms with Crippen LogP contribution >= 0.6 is 0 Å². The van der Waals surface area contributed by atoms with Crippen LogP contribution in [0.1, 0.15) is 5.56 Å². The number of ether oxygens (including phenoxy) is 1. The van der Waals surface area contributed by atoms with Gasteiger partial charge in [0.05, 0.1) is 18.3 Å². The van der Waals surface area contributed by atoms with Gasteiger partial charge in [0.25, 0.3) is 5.56 Å². The minimum absolute atomic E-state index is 0.152. The Balaban J connectivity index is 1.33. The van der Waals surface area contributed by atoms with Crippen molar-refractivity contribution in [3.8, 4) is 28.5 Å². The van der Waals surface area contributed by atoms with Gasteiger partial charge in [0, 0.05) is 49.7 Å². The number of hydrogen-bond donors (Lipinski definition) is 0. The summed E-state index contributed by atoms with van der Waals surface area (Å²) in [6.45, 7) is 4.33. The molecule has 0 spiro atoms. The number of oxazole rings is 1. The van der Waals surface area contributed by atoms with Gasteiger partial charge in [-0.05, 0) is 55.1 Å². The molecule has 3 heterocycles. The lowest BCUT2D eigenvalue weighted by Gasteiger charge is -2.34. The summed E-state index contributed by atoms with van der Waals surface area (Å²) in [6, 6.07) is 16.6. The molecule has 2 aromatic heterocycles. The highest BCUT2D eigenvalue weighted by Gasteiger charge is 2.31. The van der Waals surface area contributed by atoms with Crippen LogP contribution in [-0.2, 0) is 6.54 Å². The van der Waals surface area contributed by atoms with Gasteiger partial charge in [0.1, 0.15) is 5.75 Å². The van der Waals surface area contributed by atoms with Crippen LogP contribution in [0.25, 0.3) is 22.8 Å². The van der Waals surface area contributed by atoms with E-state index in [0.717, 1.165) is 37.4 Å². The van der Waals surface area contributed by atoms with Gasteiger partial charge in [-0.1, -0.05) is 12.1 Å². The highest BCUT2D eigenvalue weighted by Crippen LogP contribution is 2.29. The fourth-order valence-corrected chi connectivity index (χ4v) is 4.26. The summed E-state index contributed by atoms with van der Waals surface area (Å²) < 4.78 is 48.5. The Morgan fingerprint density at radius 1 is 0.973 bits per heavy atom. The topological polar surface area (TPSA) is 63.7 Å². The molecule has 1 aliphatic rings. The zero-order valence-corrected chi connectivity index (χ0v) is 20.1. The molecular formula is C27H25F3N4O3. The maximum Gasteiger partial charge on any atom is 0.573 e. The largest absolute Gasteiger partial charge is 0.573 e. The van der Waals surface area contributed by atoms with E-state index < -0.39 is 6.36 Å². The molecular weight excluding hydrogens is 485 g/mol. The van der Waals surface area contributed by atoms with Crippen LogP contribution in [0.4, 0.5) is 18.9 Å². The number of anilines is 1. The first-order valence-corrected chi connectivity index (χ1v) is 11.8. The molecule has 1 aliphatic heterocycles. The van der Waals surface area contributed by atoms with Crippen molar-refractivity contribution in [2.75, 3.05) is 38.1 Å². The molecule has 0 aliphatic carbocycles. The summed E-state index contributed by atoms with van der Waals surface area (Å²) in [5.41, 5.74) is 3.14. The normalized spacial score (nSPS) is 14.6. The number of alkyl halides is 3. The van der Waals surface area contributed by atoms with E-state index in [1.165, 1.54) is 36.5 Å². The van der Waals surface area contributed by atoms with Crippen molar-refractivity contribution in [1.29, 1.82) is 0 Å². The number of halogens is 3. The third-order valence-corrected chi connectivity index (χ3v) is 6.24. The van der Waals surface area contributed by atoms with Gasteiger partial charge < -0.3 is 23.5 Å². The zero-order valence-electron chi connectivity index (χ0n) is 20.1. The summed E-state index contributed by atoms with van der Waals surface area (Å²) >= 11 is 0. The van der Waals surface area contributed by atoms with Crippen LogP contribution in [0.5, 0.6) is 5.75 Å². The first kappa shape index (κ1) is 24.6. The fraction of sp³-hybridized carbons (Fsp3) is 0.259. The highest BCUT2D eigenvalue weighted by molar-refractivity contribution is 5.61. The molecule has 0 bridgehead atoms. The van der Waals surface area contributed by atoms with Gasteiger partial charge in [-0.2, -0.15) is 0 Å². The molecule has 0 N–H and O–H groups in total. The Hall–Kier alpha value is -4.05. The van der Waals surface area contributed by atoms with Crippen molar-refractivity contribution in [2.24, 2.45) is 0 Å². The van der Waals surface area contributed by atoms with Crippen molar-refractivity contribution >= 4 is 5.69 Å². The number of rotatable bonds is 6. The van der Waals surface area contributed by atoms with E-state index >= 15 is 0 Å². The quantitative estimate of drug-likeness (QED) is 0.369. The zero-order chi connectivity index (χ0) is 26.0. The number of benzene rings is 2. The third-order valence-electron chi connectivity index (χ3n) is 6.24. The van der Waals surface area contributed by atoms with Crippen LogP contribution in [0.3, 0.4) is 0 Å². The summed E-state index contributed by atoms with van der Waals surface area (Å²) in [7, 11) is 2.12. The Labute approximate surface area is 211 Å². The van der Waals surface area contributed by atoms with Gasteiger partial charge >= 0.3 is 6.36 Å².